The first-order valence-electron chi connectivity index (χ1n) is 9.74. The Balaban J connectivity index is 1.67. The van der Waals surface area contributed by atoms with Crippen molar-refractivity contribution >= 4 is 17.7 Å². The lowest BCUT2D eigenvalue weighted by Gasteiger charge is -2.20. The van der Waals surface area contributed by atoms with Crippen LogP contribution in [0.25, 0.3) is 0 Å². The second-order valence-electron chi connectivity index (χ2n) is 7.99. The van der Waals surface area contributed by atoms with Crippen molar-refractivity contribution < 1.29 is 19.1 Å². The SMILES string of the molecule is CCCN1Cc2cc(OCc3cnccc3NC(=O)OC(C)(C)C)ccc2C1=O. The number of hydrogen-bond donors (Lipinski definition) is 1. The molecule has 0 radical (unpaired) electrons. The highest BCUT2D eigenvalue weighted by atomic mass is 16.6. The van der Waals surface area contributed by atoms with Crippen LogP contribution in [0.15, 0.2) is 36.7 Å². The Labute approximate surface area is 171 Å². The van der Waals surface area contributed by atoms with Gasteiger partial charge in [-0.3, -0.25) is 15.1 Å². The Morgan fingerprint density at radius 3 is 2.79 bits per heavy atom. The maximum atomic E-state index is 12.3. The van der Waals surface area contributed by atoms with Crippen LogP contribution in [-0.2, 0) is 17.9 Å². The smallest absolute Gasteiger partial charge is 0.412 e. The predicted octanol–water partition coefficient (Wildman–Crippen LogP) is 4.37. The van der Waals surface area contributed by atoms with E-state index in [0.717, 1.165) is 29.7 Å². The minimum absolute atomic E-state index is 0.0736. The number of benzene rings is 1. The van der Waals surface area contributed by atoms with Gasteiger partial charge in [0, 0.05) is 36.6 Å². The summed E-state index contributed by atoms with van der Waals surface area (Å²) in [7, 11) is 0. The van der Waals surface area contributed by atoms with Crippen molar-refractivity contribution in [3.05, 3.63) is 53.3 Å². The van der Waals surface area contributed by atoms with E-state index in [2.05, 4.69) is 17.2 Å². The van der Waals surface area contributed by atoms with Crippen molar-refractivity contribution in [2.75, 3.05) is 11.9 Å². The number of fused-ring (bicyclic) bond motifs is 1. The number of amides is 2. The van der Waals surface area contributed by atoms with Gasteiger partial charge in [-0.25, -0.2) is 4.79 Å². The van der Waals surface area contributed by atoms with Crippen LogP contribution in [-0.4, -0.2) is 34.0 Å². The number of carbonyl (C=O) groups is 2. The number of ether oxygens (including phenoxy) is 2. The molecule has 7 heteroatoms. The van der Waals surface area contributed by atoms with Crippen molar-refractivity contribution in [2.24, 2.45) is 0 Å². The monoisotopic (exact) mass is 397 g/mol. The number of hydrogen-bond acceptors (Lipinski definition) is 5. The molecule has 2 amide bonds. The highest BCUT2D eigenvalue weighted by Gasteiger charge is 2.26. The number of rotatable bonds is 6. The van der Waals surface area contributed by atoms with Gasteiger partial charge in [0.1, 0.15) is 18.0 Å². The molecule has 1 N–H and O–H groups in total. The standard InChI is InChI=1S/C22H27N3O4/c1-5-10-25-13-15-11-17(6-7-18(15)20(25)26)28-14-16-12-23-9-8-19(16)24-21(27)29-22(2,3)4/h6-9,11-12H,5,10,13-14H2,1-4H3,(H,23,24,27). The van der Waals surface area contributed by atoms with Crippen LogP contribution < -0.4 is 10.1 Å². The van der Waals surface area contributed by atoms with E-state index in [-0.39, 0.29) is 12.5 Å². The number of nitrogens with one attached hydrogen (secondary N) is 1. The topological polar surface area (TPSA) is 80.8 Å². The van der Waals surface area contributed by atoms with Crippen LogP contribution in [0.1, 0.15) is 55.6 Å². The summed E-state index contributed by atoms with van der Waals surface area (Å²) in [6, 6.07) is 7.21. The van der Waals surface area contributed by atoms with E-state index in [9.17, 15) is 9.59 Å². The van der Waals surface area contributed by atoms with Crippen molar-refractivity contribution in [3.8, 4) is 5.75 Å². The molecule has 0 saturated carbocycles. The molecular weight excluding hydrogens is 370 g/mol. The van der Waals surface area contributed by atoms with Crippen LogP contribution in [0.2, 0.25) is 0 Å². The van der Waals surface area contributed by atoms with Gasteiger partial charge in [-0.1, -0.05) is 6.92 Å². The van der Waals surface area contributed by atoms with Crippen LogP contribution in [0, 0.1) is 0 Å². The maximum Gasteiger partial charge on any atom is 0.412 e. The summed E-state index contributed by atoms with van der Waals surface area (Å²) in [4.78, 5) is 30.4. The molecule has 7 nitrogen and oxygen atoms in total. The molecule has 0 spiro atoms. The molecule has 1 aromatic heterocycles. The second kappa shape index (κ2) is 8.51. The van der Waals surface area contributed by atoms with Crippen molar-refractivity contribution in [1.82, 2.24) is 9.88 Å². The molecular formula is C22H27N3O4. The Morgan fingerprint density at radius 1 is 1.28 bits per heavy atom. The molecule has 0 aliphatic carbocycles. The molecule has 0 saturated heterocycles. The fraction of sp³-hybridized carbons (Fsp3) is 0.409. The lowest BCUT2D eigenvalue weighted by Crippen LogP contribution is -2.27. The van der Waals surface area contributed by atoms with E-state index in [1.54, 1.807) is 24.5 Å². The van der Waals surface area contributed by atoms with Gasteiger partial charge < -0.3 is 14.4 Å². The molecule has 0 unspecified atom stereocenters. The predicted molar refractivity (Wildman–Crippen MR) is 110 cm³/mol. The molecule has 0 atom stereocenters. The summed E-state index contributed by atoms with van der Waals surface area (Å²) in [6.45, 7) is 9.07. The number of carbonyl (C=O) groups excluding carboxylic acids is 2. The quantitative estimate of drug-likeness (QED) is 0.783. The van der Waals surface area contributed by atoms with Gasteiger partial charge in [-0.15, -0.1) is 0 Å². The lowest BCUT2D eigenvalue weighted by molar-refractivity contribution is 0.0635. The van der Waals surface area contributed by atoms with Gasteiger partial charge >= 0.3 is 6.09 Å². The first kappa shape index (κ1) is 20.6. The van der Waals surface area contributed by atoms with Crippen molar-refractivity contribution in [2.45, 2.75) is 52.9 Å². The van der Waals surface area contributed by atoms with Gasteiger partial charge in [-0.2, -0.15) is 0 Å². The van der Waals surface area contributed by atoms with Gasteiger partial charge in [0.15, 0.2) is 0 Å². The third-order valence-corrected chi connectivity index (χ3v) is 4.38. The number of aromatic nitrogens is 1. The molecule has 1 aliphatic heterocycles. The maximum absolute atomic E-state index is 12.3. The summed E-state index contributed by atoms with van der Waals surface area (Å²) in [6.07, 6.45) is 3.64. The molecule has 154 valence electrons. The summed E-state index contributed by atoms with van der Waals surface area (Å²) < 4.78 is 11.2. The molecule has 1 aliphatic rings. The summed E-state index contributed by atoms with van der Waals surface area (Å²) >= 11 is 0. The Morgan fingerprint density at radius 2 is 2.07 bits per heavy atom. The molecule has 2 aromatic rings. The number of pyridine rings is 1. The average molecular weight is 397 g/mol. The number of anilines is 1. The first-order chi connectivity index (χ1) is 13.8. The summed E-state index contributed by atoms with van der Waals surface area (Å²) in [5.74, 6) is 0.742. The second-order valence-corrected chi connectivity index (χ2v) is 7.99. The van der Waals surface area contributed by atoms with Gasteiger partial charge in [0.2, 0.25) is 0 Å². The Kier molecular flexibility index (Phi) is 6.06. The van der Waals surface area contributed by atoms with Gasteiger partial charge in [0.05, 0.1) is 5.69 Å². The number of nitrogens with zero attached hydrogens (tertiary/aromatic N) is 2. The zero-order chi connectivity index (χ0) is 21.0. The fourth-order valence-electron chi connectivity index (χ4n) is 3.14. The van der Waals surface area contributed by atoms with Crippen molar-refractivity contribution in [3.63, 3.8) is 0 Å². The normalized spacial score (nSPS) is 13.2. The fourth-order valence-corrected chi connectivity index (χ4v) is 3.14. The van der Waals surface area contributed by atoms with E-state index in [1.165, 1.54) is 0 Å². The first-order valence-corrected chi connectivity index (χ1v) is 9.74. The Bertz CT molecular complexity index is 905. The third kappa shape index (κ3) is 5.25. The molecule has 1 aromatic carbocycles. The van der Waals surface area contributed by atoms with Gasteiger partial charge in [-0.05, 0) is 57.0 Å². The zero-order valence-corrected chi connectivity index (χ0v) is 17.3. The minimum Gasteiger partial charge on any atom is -0.489 e. The molecule has 0 fully saturated rings. The van der Waals surface area contributed by atoms with Gasteiger partial charge in [0.25, 0.3) is 5.91 Å². The lowest BCUT2D eigenvalue weighted by atomic mass is 10.1. The van der Waals surface area contributed by atoms with Crippen LogP contribution in [0.4, 0.5) is 10.5 Å². The minimum atomic E-state index is -0.582. The third-order valence-electron chi connectivity index (χ3n) is 4.38. The molecule has 29 heavy (non-hydrogen) atoms. The van der Waals surface area contributed by atoms with E-state index in [1.807, 2.05) is 37.8 Å². The highest BCUT2D eigenvalue weighted by molar-refractivity contribution is 5.98. The van der Waals surface area contributed by atoms with Crippen LogP contribution >= 0.6 is 0 Å². The van der Waals surface area contributed by atoms with Crippen molar-refractivity contribution in [1.29, 1.82) is 0 Å². The van der Waals surface area contributed by atoms with E-state index >= 15 is 0 Å². The summed E-state index contributed by atoms with van der Waals surface area (Å²) in [5, 5.41) is 2.74. The molecule has 0 bridgehead atoms. The van der Waals surface area contributed by atoms with Crippen LogP contribution in [0.3, 0.4) is 0 Å². The zero-order valence-electron chi connectivity index (χ0n) is 17.3. The molecule has 3 rings (SSSR count). The van der Waals surface area contributed by atoms with Crippen LogP contribution in [0.5, 0.6) is 5.75 Å². The largest absolute Gasteiger partial charge is 0.489 e. The van der Waals surface area contributed by atoms with E-state index < -0.39 is 11.7 Å². The van der Waals surface area contributed by atoms with E-state index in [0.29, 0.717) is 18.0 Å². The molecule has 2 heterocycles. The summed E-state index contributed by atoms with van der Waals surface area (Å²) in [5.41, 5.74) is 2.43. The Hall–Kier alpha value is -3.09. The highest BCUT2D eigenvalue weighted by Crippen LogP contribution is 2.28. The van der Waals surface area contributed by atoms with E-state index in [4.69, 9.17) is 9.47 Å². The average Bonchev–Trinajstić information content (AvgIpc) is 2.95.